The minimum atomic E-state index is -1.23. The molecule has 4 heteroatoms. The summed E-state index contributed by atoms with van der Waals surface area (Å²) in [6, 6.07) is 6.27. The number of hydrogen-bond donors (Lipinski definition) is 0. The number of benzene rings is 1. The lowest BCUT2D eigenvalue weighted by Crippen LogP contribution is -2.20. The third-order valence-corrected chi connectivity index (χ3v) is 3.66. The van der Waals surface area contributed by atoms with Crippen LogP contribution in [-0.4, -0.2) is 14.7 Å². The van der Waals surface area contributed by atoms with Crippen molar-refractivity contribution >= 4 is 16.7 Å². The average Bonchev–Trinajstić information content (AvgIpc) is 2.20. The summed E-state index contributed by atoms with van der Waals surface area (Å²) in [4.78, 5) is 0. The maximum absolute atomic E-state index is 12.7. The second-order valence-corrected chi connectivity index (χ2v) is 6.90. The first-order valence-electron chi connectivity index (χ1n) is 5.49. The Labute approximate surface area is 105 Å². The van der Waals surface area contributed by atoms with Gasteiger partial charge in [-0.2, -0.15) is 4.40 Å². The fraction of sp³-hybridized carbons (Fsp3) is 0.462. The SMILES string of the molecule is C/C(Cc1ccc(F)cc1)=N\[S@@](=O)C(C)(C)C. The van der Waals surface area contributed by atoms with E-state index in [2.05, 4.69) is 4.40 Å². The van der Waals surface area contributed by atoms with Gasteiger partial charge in [-0.25, -0.2) is 8.60 Å². The van der Waals surface area contributed by atoms with Gasteiger partial charge < -0.3 is 0 Å². The molecule has 0 saturated carbocycles. The maximum atomic E-state index is 12.7. The molecular weight excluding hydrogens is 237 g/mol. The molecule has 0 spiro atoms. The Morgan fingerprint density at radius 1 is 1.29 bits per heavy atom. The summed E-state index contributed by atoms with van der Waals surface area (Å²) in [5, 5.41) is 0. The van der Waals surface area contributed by atoms with Gasteiger partial charge in [-0.1, -0.05) is 12.1 Å². The molecule has 0 aliphatic heterocycles. The molecular formula is C13H18FNOS. The first-order valence-corrected chi connectivity index (χ1v) is 6.60. The lowest BCUT2D eigenvalue weighted by Gasteiger charge is -2.14. The van der Waals surface area contributed by atoms with Crippen molar-refractivity contribution in [1.29, 1.82) is 0 Å². The maximum Gasteiger partial charge on any atom is 0.144 e. The van der Waals surface area contributed by atoms with Crippen LogP contribution in [0.1, 0.15) is 33.3 Å². The van der Waals surface area contributed by atoms with Crippen molar-refractivity contribution in [2.24, 2.45) is 4.40 Å². The van der Waals surface area contributed by atoms with Crippen LogP contribution in [0.4, 0.5) is 4.39 Å². The van der Waals surface area contributed by atoms with Gasteiger partial charge in [0.2, 0.25) is 0 Å². The summed E-state index contributed by atoms with van der Waals surface area (Å²) < 4.78 is 28.3. The quantitative estimate of drug-likeness (QED) is 0.762. The molecule has 0 aliphatic carbocycles. The summed E-state index contributed by atoms with van der Waals surface area (Å²) in [7, 11) is -1.23. The van der Waals surface area contributed by atoms with Crippen molar-refractivity contribution in [1.82, 2.24) is 0 Å². The summed E-state index contributed by atoms with van der Waals surface area (Å²) in [5.74, 6) is -0.249. The molecule has 1 rings (SSSR count). The van der Waals surface area contributed by atoms with E-state index < -0.39 is 11.0 Å². The van der Waals surface area contributed by atoms with Crippen LogP contribution in [0.2, 0.25) is 0 Å². The highest BCUT2D eigenvalue weighted by Gasteiger charge is 2.18. The zero-order valence-corrected chi connectivity index (χ0v) is 11.5. The Kier molecular flexibility index (Phi) is 4.57. The molecule has 1 aromatic rings. The fourth-order valence-electron chi connectivity index (χ4n) is 1.21. The van der Waals surface area contributed by atoms with E-state index in [4.69, 9.17) is 0 Å². The van der Waals surface area contributed by atoms with E-state index in [0.29, 0.717) is 6.42 Å². The van der Waals surface area contributed by atoms with Gasteiger partial charge in [-0.3, -0.25) is 0 Å². The molecule has 0 bridgehead atoms. The lowest BCUT2D eigenvalue weighted by molar-refractivity contribution is 0.627. The molecule has 0 heterocycles. The lowest BCUT2D eigenvalue weighted by atomic mass is 10.1. The Bertz CT molecular complexity index is 432. The number of halogens is 1. The zero-order valence-electron chi connectivity index (χ0n) is 10.7. The van der Waals surface area contributed by atoms with Crippen molar-refractivity contribution < 1.29 is 8.60 Å². The monoisotopic (exact) mass is 255 g/mol. The number of hydrogen-bond acceptors (Lipinski definition) is 1. The van der Waals surface area contributed by atoms with Crippen LogP contribution >= 0.6 is 0 Å². The van der Waals surface area contributed by atoms with E-state index in [-0.39, 0.29) is 10.6 Å². The summed E-state index contributed by atoms with van der Waals surface area (Å²) in [6.07, 6.45) is 0.599. The van der Waals surface area contributed by atoms with Crippen molar-refractivity contribution in [2.45, 2.75) is 38.9 Å². The van der Waals surface area contributed by atoms with Gasteiger partial charge in [0.25, 0.3) is 0 Å². The van der Waals surface area contributed by atoms with Crippen molar-refractivity contribution in [3.63, 3.8) is 0 Å². The second kappa shape index (κ2) is 5.54. The third kappa shape index (κ3) is 4.77. The smallest absolute Gasteiger partial charge is 0.144 e. The molecule has 0 amide bonds. The molecule has 2 nitrogen and oxygen atoms in total. The summed E-state index contributed by atoms with van der Waals surface area (Å²) >= 11 is 0. The van der Waals surface area contributed by atoms with Gasteiger partial charge in [0, 0.05) is 12.1 Å². The average molecular weight is 255 g/mol. The van der Waals surface area contributed by atoms with Crippen LogP contribution in [0.5, 0.6) is 0 Å². The van der Waals surface area contributed by atoms with Crippen molar-refractivity contribution in [2.75, 3.05) is 0 Å². The van der Waals surface area contributed by atoms with Crippen LogP contribution in [0.25, 0.3) is 0 Å². The molecule has 0 aliphatic rings. The van der Waals surface area contributed by atoms with E-state index in [1.54, 1.807) is 12.1 Å². The topological polar surface area (TPSA) is 29.4 Å². The van der Waals surface area contributed by atoms with Crippen LogP contribution in [0.3, 0.4) is 0 Å². The summed E-state index contributed by atoms with van der Waals surface area (Å²) in [5.41, 5.74) is 1.77. The minimum Gasteiger partial charge on any atom is -0.234 e. The minimum absolute atomic E-state index is 0.249. The molecule has 0 aromatic heterocycles. The van der Waals surface area contributed by atoms with E-state index >= 15 is 0 Å². The standard InChI is InChI=1S/C13H18FNOS/c1-10(15-17(16)13(2,3)4)9-11-5-7-12(14)8-6-11/h5-8H,9H2,1-4H3/b15-10+/t17-/m0/s1. The Hall–Kier alpha value is -1.03. The molecule has 0 unspecified atom stereocenters. The van der Waals surface area contributed by atoms with E-state index in [0.717, 1.165) is 11.3 Å². The highest BCUT2D eigenvalue weighted by atomic mass is 32.2. The fourth-order valence-corrected chi connectivity index (χ4v) is 1.83. The Balaban J connectivity index is 2.72. The summed E-state index contributed by atoms with van der Waals surface area (Å²) in [6.45, 7) is 7.50. The van der Waals surface area contributed by atoms with Crippen LogP contribution in [0, 0.1) is 5.82 Å². The zero-order chi connectivity index (χ0) is 13.1. The first-order chi connectivity index (χ1) is 7.79. The van der Waals surface area contributed by atoms with Crippen LogP contribution < -0.4 is 0 Å². The largest absolute Gasteiger partial charge is 0.234 e. The van der Waals surface area contributed by atoms with E-state index in [9.17, 15) is 8.60 Å². The number of rotatable bonds is 3. The molecule has 0 radical (unpaired) electrons. The molecule has 1 atom stereocenters. The van der Waals surface area contributed by atoms with Gasteiger partial charge in [-0.05, 0) is 45.4 Å². The molecule has 0 N–H and O–H groups in total. The molecule has 94 valence electrons. The van der Waals surface area contributed by atoms with Gasteiger partial charge in [0.05, 0.1) is 4.75 Å². The van der Waals surface area contributed by atoms with Gasteiger partial charge >= 0.3 is 0 Å². The molecule has 0 saturated heterocycles. The van der Waals surface area contributed by atoms with Crippen LogP contribution in [0.15, 0.2) is 28.7 Å². The third-order valence-electron chi connectivity index (χ3n) is 2.14. The molecule has 17 heavy (non-hydrogen) atoms. The van der Waals surface area contributed by atoms with E-state index in [1.165, 1.54) is 12.1 Å². The number of nitrogens with zero attached hydrogens (tertiary/aromatic N) is 1. The first kappa shape index (κ1) is 14.0. The van der Waals surface area contributed by atoms with Gasteiger partial charge in [0.15, 0.2) is 0 Å². The van der Waals surface area contributed by atoms with Crippen molar-refractivity contribution in [3.8, 4) is 0 Å². The molecule has 0 fully saturated rings. The Morgan fingerprint density at radius 3 is 2.29 bits per heavy atom. The van der Waals surface area contributed by atoms with E-state index in [1.807, 2.05) is 27.7 Å². The second-order valence-electron chi connectivity index (χ2n) is 4.99. The van der Waals surface area contributed by atoms with Crippen molar-refractivity contribution in [3.05, 3.63) is 35.6 Å². The van der Waals surface area contributed by atoms with Gasteiger partial charge in [-0.15, -0.1) is 0 Å². The highest BCUT2D eigenvalue weighted by molar-refractivity contribution is 7.85. The van der Waals surface area contributed by atoms with Gasteiger partial charge in [0.1, 0.15) is 16.8 Å². The predicted octanol–water partition coefficient (Wildman–Crippen LogP) is 3.29. The Morgan fingerprint density at radius 2 is 1.82 bits per heavy atom. The highest BCUT2D eigenvalue weighted by Crippen LogP contribution is 2.13. The van der Waals surface area contributed by atoms with Crippen LogP contribution in [-0.2, 0) is 17.4 Å². The predicted molar refractivity (Wildman–Crippen MR) is 71.1 cm³/mol. The molecule has 1 aromatic carbocycles. The normalized spacial score (nSPS) is 14.8.